The van der Waals surface area contributed by atoms with Gasteiger partial charge in [-0.2, -0.15) is 0 Å². The van der Waals surface area contributed by atoms with E-state index in [1.165, 1.54) is 0 Å². The first kappa shape index (κ1) is 9.47. The van der Waals surface area contributed by atoms with E-state index < -0.39 is 0 Å². The van der Waals surface area contributed by atoms with E-state index in [1.54, 1.807) is 6.07 Å². The van der Waals surface area contributed by atoms with Crippen LogP contribution in [0.1, 0.15) is 15.9 Å². The molecular formula is C8H9IN2O. The smallest absolute Gasteiger partial charge is 0.265 e. The summed E-state index contributed by atoms with van der Waals surface area (Å²) in [5.41, 5.74) is 3.76. The fraction of sp³-hybridized carbons (Fsp3) is 0.125. The Kier molecular flexibility index (Phi) is 3.05. The molecule has 0 aliphatic rings. The van der Waals surface area contributed by atoms with Gasteiger partial charge in [0.2, 0.25) is 0 Å². The first-order valence-corrected chi connectivity index (χ1v) is 4.50. The molecule has 0 aliphatic carbocycles. The lowest BCUT2D eigenvalue weighted by Gasteiger charge is -2.01. The molecule has 0 unspecified atom stereocenters. The fourth-order valence-electron chi connectivity index (χ4n) is 0.869. The molecule has 1 amide bonds. The van der Waals surface area contributed by atoms with E-state index in [0.717, 1.165) is 9.13 Å². The Balaban J connectivity index is 3.05. The average Bonchev–Trinajstić information content (AvgIpc) is 2.08. The van der Waals surface area contributed by atoms with Gasteiger partial charge in [0.1, 0.15) is 0 Å². The molecule has 64 valence electrons. The van der Waals surface area contributed by atoms with Gasteiger partial charge in [-0.15, -0.1) is 0 Å². The monoisotopic (exact) mass is 276 g/mol. The molecule has 0 aromatic heterocycles. The van der Waals surface area contributed by atoms with E-state index >= 15 is 0 Å². The second kappa shape index (κ2) is 3.86. The van der Waals surface area contributed by atoms with E-state index in [1.807, 2.05) is 19.1 Å². The number of carbonyl (C=O) groups is 1. The van der Waals surface area contributed by atoms with Gasteiger partial charge in [0.15, 0.2) is 0 Å². The molecule has 0 saturated heterocycles. The minimum atomic E-state index is -0.255. The number of benzene rings is 1. The van der Waals surface area contributed by atoms with Gasteiger partial charge in [-0.25, -0.2) is 5.84 Å². The summed E-state index contributed by atoms with van der Waals surface area (Å²) >= 11 is 2.21. The highest BCUT2D eigenvalue weighted by Crippen LogP contribution is 2.12. The molecule has 0 atom stereocenters. The van der Waals surface area contributed by atoms with Crippen LogP contribution < -0.4 is 11.3 Å². The van der Waals surface area contributed by atoms with Crippen LogP contribution in [0.4, 0.5) is 0 Å². The molecule has 0 bridgehead atoms. The van der Waals surface area contributed by atoms with Crippen LogP contribution in [-0.2, 0) is 0 Å². The Morgan fingerprint density at radius 3 is 2.75 bits per heavy atom. The van der Waals surface area contributed by atoms with E-state index in [4.69, 9.17) is 5.84 Å². The third kappa shape index (κ3) is 1.95. The molecule has 0 fully saturated rings. The molecule has 4 heteroatoms. The molecule has 12 heavy (non-hydrogen) atoms. The normalized spacial score (nSPS) is 9.58. The van der Waals surface area contributed by atoms with Crippen LogP contribution in [0.3, 0.4) is 0 Å². The Labute approximate surface area is 84.4 Å². The van der Waals surface area contributed by atoms with Crippen molar-refractivity contribution >= 4 is 28.5 Å². The number of hydrogen-bond acceptors (Lipinski definition) is 2. The Hall–Kier alpha value is -0.620. The number of rotatable bonds is 1. The van der Waals surface area contributed by atoms with Gasteiger partial charge in [0.05, 0.1) is 0 Å². The average molecular weight is 276 g/mol. The number of amides is 1. The summed E-state index contributed by atoms with van der Waals surface area (Å²) < 4.78 is 1.14. The lowest BCUT2D eigenvalue weighted by molar-refractivity contribution is 0.0953. The van der Waals surface area contributed by atoms with Gasteiger partial charge in [0.25, 0.3) is 5.91 Å². The Morgan fingerprint density at radius 1 is 1.58 bits per heavy atom. The summed E-state index contributed by atoms with van der Waals surface area (Å²) in [6.07, 6.45) is 0. The van der Waals surface area contributed by atoms with E-state index in [9.17, 15) is 4.79 Å². The number of halogens is 1. The molecule has 0 aliphatic heterocycles. The second-order valence-electron chi connectivity index (χ2n) is 2.44. The summed E-state index contributed by atoms with van der Waals surface area (Å²) in [5.74, 6) is 4.74. The molecule has 0 heterocycles. The lowest BCUT2D eigenvalue weighted by Crippen LogP contribution is -2.29. The van der Waals surface area contributed by atoms with Crippen molar-refractivity contribution in [1.29, 1.82) is 0 Å². The van der Waals surface area contributed by atoms with Crippen LogP contribution in [0.5, 0.6) is 0 Å². The van der Waals surface area contributed by atoms with E-state index in [-0.39, 0.29) is 5.91 Å². The number of hydrazine groups is 1. The molecule has 0 spiro atoms. The minimum Gasteiger partial charge on any atom is -0.290 e. The van der Waals surface area contributed by atoms with Gasteiger partial charge in [0, 0.05) is 9.13 Å². The highest BCUT2D eigenvalue weighted by Gasteiger charge is 2.03. The minimum absolute atomic E-state index is 0.255. The number of nitrogen functional groups attached to an aromatic ring is 1. The van der Waals surface area contributed by atoms with Crippen molar-refractivity contribution < 1.29 is 4.79 Å². The van der Waals surface area contributed by atoms with Crippen molar-refractivity contribution in [2.24, 2.45) is 5.84 Å². The van der Waals surface area contributed by atoms with Gasteiger partial charge < -0.3 is 0 Å². The molecule has 1 aromatic carbocycles. The van der Waals surface area contributed by atoms with Crippen molar-refractivity contribution in [3.8, 4) is 0 Å². The third-order valence-electron chi connectivity index (χ3n) is 1.55. The van der Waals surface area contributed by atoms with Crippen molar-refractivity contribution in [1.82, 2.24) is 5.43 Å². The van der Waals surface area contributed by atoms with Crippen LogP contribution >= 0.6 is 22.6 Å². The second-order valence-corrected chi connectivity index (χ2v) is 3.60. The van der Waals surface area contributed by atoms with Crippen molar-refractivity contribution in [2.45, 2.75) is 6.92 Å². The maximum atomic E-state index is 11.0. The zero-order valence-electron chi connectivity index (χ0n) is 6.60. The molecule has 1 rings (SSSR count). The summed E-state index contributed by atoms with van der Waals surface area (Å²) in [7, 11) is 0. The first-order chi connectivity index (χ1) is 5.65. The third-order valence-corrected chi connectivity index (χ3v) is 2.76. The topological polar surface area (TPSA) is 55.1 Å². The van der Waals surface area contributed by atoms with Crippen LogP contribution in [0.15, 0.2) is 18.2 Å². The number of aryl methyl sites for hydroxylation is 1. The number of nitrogens with two attached hydrogens (primary N) is 1. The first-order valence-electron chi connectivity index (χ1n) is 3.42. The predicted octanol–water partition coefficient (Wildman–Crippen LogP) is 1.20. The Morgan fingerprint density at radius 2 is 2.25 bits per heavy atom. The molecule has 0 radical (unpaired) electrons. The highest BCUT2D eigenvalue weighted by molar-refractivity contribution is 14.1. The lowest BCUT2D eigenvalue weighted by atomic mass is 10.1. The number of nitrogens with one attached hydrogen (secondary N) is 1. The van der Waals surface area contributed by atoms with Crippen molar-refractivity contribution in [2.75, 3.05) is 0 Å². The van der Waals surface area contributed by atoms with E-state index in [0.29, 0.717) is 5.56 Å². The predicted molar refractivity (Wildman–Crippen MR) is 55.5 cm³/mol. The van der Waals surface area contributed by atoms with Crippen LogP contribution in [0, 0.1) is 10.5 Å². The summed E-state index contributed by atoms with van der Waals surface area (Å²) in [6.45, 7) is 1.95. The maximum absolute atomic E-state index is 11.0. The SMILES string of the molecule is Cc1cc(C(=O)NN)ccc1I. The van der Waals surface area contributed by atoms with Gasteiger partial charge in [-0.3, -0.25) is 10.2 Å². The maximum Gasteiger partial charge on any atom is 0.265 e. The molecule has 3 nitrogen and oxygen atoms in total. The van der Waals surface area contributed by atoms with Crippen molar-refractivity contribution in [3.05, 3.63) is 32.9 Å². The standard InChI is InChI=1S/C8H9IN2O/c1-5-4-6(8(12)11-10)2-3-7(5)9/h2-4H,10H2,1H3,(H,11,12). The molecular weight excluding hydrogens is 267 g/mol. The summed E-state index contributed by atoms with van der Waals surface area (Å²) in [6, 6.07) is 5.45. The highest BCUT2D eigenvalue weighted by atomic mass is 127. The van der Waals surface area contributed by atoms with Gasteiger partial charge in [-0.1, -0.05) is 0 Å². The van der Waals surface area contributed by atoms with Gasteiger partial charge in [-0.05, 0) is 53.3 Å². The summed E-state index contributed by atoms with van der Waals surface area (Å²) in [4.78, 5) is 11.0. The van der Waals surface area contributed by atoms with Crippen LogP contribution in [0.2, 0.25) is 0 Å². The number of hydrogen-bond donors (Lipinski definition) is 2. The van der Waals surface area contributed by atoms with Gasteiger partial charge >= 0.3 is 0 Å². The van der Waals surface area contributed by atoms with Crippen LogP contribution in [-0.4, -0.2) is 5.91 Å². The summed E-state index contributed by atoms with van der Waals surface area (Å²) in [5, 5.41) is 0. The molecule has 1 aromatic rings. The fourth-order valence-corrected chi connectivity index (χ4v) is 1.20. The quantitative estimate of drug-likeness (QED) is 0.350. The molecule has 0 saturated carbocycles. The largest absolute Gasteiger partial charge is 0.290 e. The van der Waals surface area contributed by atoms with Crippen LogP contribution in [0.25, 0.3) is 0 Å². The van der Waals surface area contributed by atoms with Crippen molar-refractivity contribution in [3.63, 3.8) is 0 Å². The Bertz CT molecular complexity index is 312. The van der Waals surface area contributed by atoms with E-state index in [2.05, 4.69) is 28.0 Å². The number of carbonyl (C=O) groups excluding carboxylic acids is 1. The molecule has 3 N–H and O–H groups in total. The zero-order chi connectivity index (χ0) is 9.14. The zero-order valence-corrected chi connectivity index (χ0v) is 8.75.